The highest BCUT2D eigenvalue weighted by molar-refractivity contribution is 7.89. The number of hydrogen-bond acceptors (Lipinski definition) is 9. The number of methoxy groups -OCH3 is 1. The van der Waals surface area contributed by atoms with Gasteiger partial charge in [0.15, 0.2) is 0 Å². The largest absolute Gasteiger partial charge is 0.453 e. The summed E-state index contributed by atoms with van der Waals surface area (Å²) in [5, 5.41) is 5.04. The zero-order valence-electron chi connectivity index (χ0n) is 20.2. The Morgan fingerprint density at radius 2 is 1.70 bits per heavy atom. The molecule has 1 saturated heterocycles. The summed E-state index contributed by atoms with van der Waals surface area (Å²) in [5.74, 6) is -1.41. The number of benzene rings is 1. The second kappa shape index (κ2) is 11.0. The van der Waals surface area contributed by atoms with Gasteiger partial charge in [0.25, 0.3) is 11.8 Å². The normalized spacial score (nSPS) is 16.0. The third-order valence-electron chi connectivity index (χ3n) is 6.08. The van der Waals surface area contributed by atoms with Gasteiger partial charge in [0.05, 0.1) is 37.3 Å². The standard InChI is InChI=1S/C23H26N4O8S2/c1-14(28)26-8-7-17-18(13-26)36-22(19(17)21(30)25-23(31)34-2)24-20(29)15-3-5-16(6-4-15)37(32,33)27-9-11-35-12-10-27/h3-6H,7-13H2,1-2H3,(H,24,29)(H,25,30,31). The molecule has 0 aliphatic carbocycles. The zero-order chi connectivity index (χ0) is 26.7. The van der Waals surface area contributed by atoms with Crippen LogP contribution in [-0.4, -0.2) is 81.4 Å². The predicted octanol–water partition coefficient (Wildman–Crippen LogP) is 1.42. The minimum absolute atomic E-state index is 0.0556. The number of fused-ring (bicyclic) bond motifs is 1. The summed E-state index contributed by atoms with van der Waals surface area (Å²) < 4.78 is 36.7. The number of anilines is 1. The van der Waals surface area contributed by atoms with E-state index in [9.17, 15) is 27.6 Å². The maximum absolute atomic E-state index is 13.0. The number of ether oxygens (including phenoxy) is 2. The minimum atomic E-state index is -3.72. The molecule has 0 bridgehead atoms. The number of amides is 4. The monoisotopic (exact) mass is 550 g/mol. The van der Waals surface area contributed by atoms with Crippen LogP contribution in [0, 0.1) is 0 Å². The molecule has 2 aliphatic heterocycles. The molecule has 1 aromatic carbocycles. The molecule has 2 N–H and O–H groups in total. The van der Waals surface area contributed by atoms with Gasteiger partial charge in [-0.2, -0.15) is 4.31 Å². The lowest BCUT2D eigenvalue weighted by Gasteiger charge is -2.26. The van der Waals surface area contributed by atoms with E-state index in [0.717, 1.165) is 23.3 Å². The van der Waals surface area contributed by atoms with E-state index in [0.29, 0.717) is 31.7 Å². The first-order chi connectivity index (χ1) is 17.6. The zero-order valence-corrected chi connectivity index (χ0v) is 21.9. The fraction of sp³-hybridized carbons (Fsp3) is 0.391. The number of alkyl carbamates (subject to hydrolysis) is 1. The van der Waals surface area contributed by atoms with Crippen LogP contribution in [-0.2, 0) is 37.3 Å². The summed E-state index contributed by atoms with van der Waals surface area (Å²) >= 11 is 1.14. The number of sulfonamides is 1. The summed E-state index contributed by atoms with van der Waals surface area (Å²) in [6.07, 6.45) is -0.570. The van der Waals surface area contributed by atoms with Gasteiger partial charge in [0.2, 0.25) is 15.9 Å². The molecule has 2 aromatic rings. The molecule has 198 valence electrons. The maximum Gasteiger partial charge on any atom is 0.413 e. The SMILES string of the molecule is COC(=O)NC(=O)c1c(NC(=O)c2ccc(S(=O)(=O)N3CCOCC3)cc2)sc2c1CCN(C(C)=O)C2. The number of thiophene rings is 1. The van der Waals surface area contributed by atoms with Gasteiger partial charge in [-0.05, 0) is 36.2 Å². The molecule has 12 nitrogen and oxygen atoms in total. The number of morpholine rings is 1. The van der Waals surface area contributed by atoms with Crippen molar-refractivity contribution in [1.29, 1.82) is 0 Å². The topological polar surface area (TPSA) is 151 Å². The van der Waals surface area contributed by atoms with Gasteiger partial charge in [0.1, 0.15) is 5.00 Å². The highest BCUT2D eigenvalue weighted by Gasteiger charge is 2.31. The first-order valence-electron chi connectivity index (χ1n) is 11.4. The van der Waals surface area contributed by atoms with E-state index in [1.807, 2.05) is 0 Å². The molecule has 2 aliphatic rings. The smallest absolute Gasteiger partial charge is 0.413 e. The first-order valence-corrected chi connectivity index (χ1v) is 13.7. The summed E-state index contributed by atoms with van der Waals surface area (Å²) in [6.45, 7) is 3.27. The number of nitrogens with one attached hydrogen (secondary N) is 2. The molecule has 3 heterocycles. The molecule has 0 spiro atoms. The first kappa shape index (κ1) is 26.7. The third-order valence-corrected chi connectivity index (χ3v) is 9.13. The summed E-state index contributed by atoms with van der Waals surface area (Å²) in [4.78, 5) is 51.8. The maximum atomic E-state index is 13.0. The van der Waals surface area contributed by atoms with Crippen LogP contribution in [0.1, 0.15) is 38.1 Å². The lowest BCUT2D eigenvalue weighted by Crippen LogP contribution is -2.40. The average Bonchev–Trinajstić information content (AvgIpc) is 3.26. The lowest BCUT2D eigenvalue weighted by molar-refractivity contribution is -0.129. The Morgan fingerprint density at radius 1 is 1.03 bits per heavy atom. The molecular weight excluding hydrogens is 524 g/mol. The van der Waals surface area contributed by atoms with E-state index >= 15 is 0 Å². The number of carbonyl (C=O) groups excluding carboxylic acids is 4. The van der Waals surface area contributed by atoms with Crippen LogP contribution in [0.15, 0.2) is 29.2 Å². The Bertz CT molecular complexity index is 1330. The molecule has 0 radical (unpaired) electrons. The Hall–Kier alpha value is -3.33. The van der Waals surface area contributed by atoms with Crippen molar-refractivity contribution in [2.45, 2.75) is 24.8 Å². The van der Waals surface area contributed by atoms with E-state index in [4.69, 9.17) is 4.74 Å². The summed E-state index contributed by atoms with van der Waals surface area (Å²) in [6, 6.07) is 5.49. The van der Waals surface area contributed by atoms with E-state index in [1.165, 1.54) is 35.5 Å². The Labute approximate surface area is 217 Å². The van der Waals surface area contributed by atoms with Crippen molar-refractivity contribution in [2.24, 2.45) is 0 Å². The molecule has 37 heavy (non-hydrogen) atoms. The summed E-state index contributed by atoms with van der Waals surface area (Å²) in [5.41, 5.74) is 0.955. The van der Waals surface area contributed by atoms with Crippen LogP contribution in [0.5, 0.6) is 0 Å². The third kappa shape index (κ3) is 5.66. The van der Waals surface area contributed by atoms with Gasteiger partial charge < -0.3 is 19.7 Å². The molecule has 1 aromatic heterocycles. The van der Waals surface area contributed by atoms with E-state index in [2.05, 4.69) is 15.4 Å². The predicted molar refractivity (Wildman–Crippen MR) is 133 cm³/mol. The van der Waals surface area contributed by atoms with Gasteiger partial charge >= 0.3 is 6.09 Å². The van der Waals surface area contributed by atoms with Gasteiger partial charge in [-0.3, -0.25) is 19.7 Å². The molecule has 0 atom stereocenters. The number of rotatable bonds is 5. The average molecular weight is 551 g/mol. The second-order valence-corrected chi connectivity index (χ2v) is 11.4. The van der Waals surface area contributed by atoms with Crippen LogP contribution >= 0.6 is 11.3 Å². The van der Waals surface area contributed by atoms with Crippen molar-refractivity contribution in [3.63, 3.8) is 0 Å². The lowest BCUT2D eigenvalue weighted by atomic mass is 10.0. The number of carbonyl (C=O) groups is 4. The quantitative estimate of drug-likeness (QED) is 0.567. The highest BCUT2D eigenvalue weighted by atomic mass is 32.2. The number of hydrogen-bond donors (Lipinski definition) is 2. The summed E-state index contributed by atoms with van der Waals surface area (Å²) in [7, 11) is -2.59. The molecule has 0 saturated carbocycles. The molecule has 14 heteroatoms. The van der Waals surface area contributed by atoms with Crippen molar-refractivity contribution in [1.82, 2.24) is 14.5 Å². The molecule has 1 fully saturated rings. The number of imide groups is 1. The van der Waals surface area contributed by atoms with Gasteiger partial charge in [-0.25, -0.2) is 13.2 Å². The van der Waals surface area contributed by atoms with E-state index in [-0.39, 0.29) is 46.6 Å². The molecule has 4 amide bonds. The van der Waals surface area contributed by atoms with Gasteiger partial charge in [0, 0.05) is 37.0 Å². The Morgan fingerprint density at radius 3 is 2.32 bits per heavy atom. The Kier molecular flexibility index (Phi) is 7.92. The second-order valence-electron chi connectivity index (χ2n) is 8.34. The minimum Gasteiger partial charge on any atom is -0.453 e. The van der Waals surface area contributed by atoms with E-state index < -0.39 is 27.9 Å². The van der Waals surface area contributed by atoms with Crippen LogP contribution < -0.4 is 10.6 Å². The van der Waals surface area contributed by atoms with Crippen molar-refractivity contribution in [2.75, 3.05) is 45.3 Å². The fourth-order valence-corrected chi connectivity index (χ4v) is 6.76. The van der Waals surface area contributed by atoms with Crippen LogP contribution in [0.25, 0.3) is 0 Å². The molecular formula is C23H26N4O8S2. The van der Waals surface area contributed by atoms with Crippen molar-refractivity contribution < 1.29 is 37.1 Å². The van der Waals surface area contributed by atoms with Crippen molar-refractivity contribution in [3.8, 4) is 0 Å². The highest BCUT2D eigenvalue weighted by Crippen LogP contribution is 2.37. The molecule has 4 rings (SSSR count). The van der Waals surface area contributed by atoms with Gasteiger partial charge in [-0.1, -0.05) is 0 Å². The fourth-order valence-electron chi connectivity index (χ4n) is 4.10. The van der Waals surface area contributed by atoms with Crippen molar-refractivity contribution >= 4 is 50.2 Å². The van der Waals surface area contributed by atoms with Gasteiger partial charge in [-0.15, -0.1) is 11.3 Å². The van der Waals surface area contributed by atoms with E-state index in [1.54, 1.807) is 4.90 Å². The van der Waals surface area contributed by atoms with Crippen LogP contribution in [0.3, 0.4) is 0 Å². The molecule has 0 unspecified atom stereocenters. The Balaban J connectivity index is 1.58. The van der Waals surface area contributed by atoms with Crippen LogP contribution in [0.2, 0.25) is 0 Å². The van der Waals surface area contributed by atoms with Crippen LogP contribution in [0.4, 0.5) is 9.80 Å². The van der Waals surface area contributed by atoms with Crippen molar-refractivity contribution in [3.05, 3.63) is 45.8 Å². The number of nitrogens with zero attached hydrogens (tertiary/aromatic N) is 2.